The minimum atomic E-state index is -0.0925. The standard InChI is InChI=1S/C10H17N3S/c1-10(2,3)9(11)13(4)5-8-6-14-7-12-8/h6-7,11H,5H2,1-4H3. The molecule has 0 bridgehead atoms. The van der Waals surface area contributed by atoms with Gasteiger partial charge in [-0.1, -0.05) is 20.8 Å². The molecule has 78 valence electrons. The lowest BCUT2D eigenvalue weighted by Gasteiger charge is -2.28. The Hall–Kier alpha value is -0.900. The molecule has 0 amide bonds. The van der Waals surface area contributed by atoms with Crippen molar-refractivity contribution >= 4 is 17.2 Å². The summed E-state index contributed by atoms with van der Waals surface area (Å²) in [5.74, 6) is 0.644. The van der Waals surface area contributed by atoms with E-state index in [4.69, 9.17) is 5.41 Å². The van der Waals surface area contributed by atoms with Crippen molar-refractivity contribution in [3.05, 3.63) is 16.6 Å². The topological polar surface area (TPSA) is 40.0 Å². The van der Waals surface area contributed by atoms with Crippen LogP contribution in [0.5, 0.6) is 0 Å². The summed E-state index contributed by atoms with van der Waals surface area (Å²) in [5.41, 5.74) is 2.76. The van der Waals surface area contributed by atoms with Crippen LogP contribution in [-0.4, -0.2) is 22.8 Å². The van der Waals surface area contributed by atoms with Crippen LogP contribution in [0.1, 0.15) is 26.5 Å². The zero-order valence-corrected chi connectivity index (χ0v) is 9.98. The Morgan fingerprint density at radius 1 is 1.57 bits per heavy atom. The molecular weight excluding hydrogens is 194 g/mol. The lowest BCUT2D eigenvalue weighted by molar-refractivity contribution is 0.414. The first kappa shape index (κ1) is 11.2. The van der Waals surface area contributed by atoms with Crippen LogP contribution in [0, 0.1) is 10.8 Å². The monoisotopic (exact) mass is 211 g/mol. The molecule has 0 saturated carbocycles. The summed E-state index contributed by atoms with van der Waals surface area (Å²) in [6, 6.07) is 0. The summed E-state index contributed by atoms with van der Waals surface area (Å²) < 4.78 is 0. The van der Waals surface area contributed by atoms with Crippen LogP contribution in [0.4, 0.5) is 0 Å². The molecule has 0 aromatic carbocycles. The average molecular weight is 211 g/mol. The molecule has 1 aromatic rings. The number of rotatable bonds is 2. The van der Waals surface area contributed by atoms with Gasteiger partial charge in [0.2, 0.25) is 0 Å². The van der Waals surface area contributed by atoms with Gasteiger partial charge >= 0.3 is 0 Å². The van der Waals surface area contributed by atoms with Crippen LogP contribution in [0.25, 0.3) is 0 Å². The molecule has 0 atom stereocenters. The van der Waals surface area contributed by atoms with Crippen LogP contribution in [-0.2, 0) is 6.54 Å². The smallest absolute Gasteiger partial charge is 0.101 e. The normalized spacial score (nSPS) is 11.4. The number of amidine groups is 1. The first-order valence-corrected chi connectivity index (χ1v) is 5.53. The van der Waals surface area contributed by atoms with Crippen LogP contribution >= 0.6 is 11.3 Å². The van der Waals surface area contributed by atoms with Gasteiger partial charge in [-0.2, -0.15) is 0 Å². The molecule has 0 radical (unpaired) electrons. The number of thiazole rings is 1. The molecule has 3 nitrogen and oxygen atoms in total. The Labute approximate surface area is 89.3 Å². The van der Waals surface area contributed by atoms with E-state index >= 15 is 0 Å². The van der Waals surface area contributed by atoms with Crippen molar-refractivity contribution in [2.75, 3.05) is 7.05 Å². The Morgan fingerprint density at radius 3 is 2.64 bits per heavy atom. The summed E-state index contributed by atoms with van der Waals surface area (Å²) in [6.45, 7) is 6.87. The van der Waals surface area contributed by atoms with Crippen molar-refractivity contribution in [1.82, 2.24) is 9.88 Å². The highest BCUT2D eigenvalue weighted by molar-refractivity contribution is 7.07. The average Bonchev–Trinajstić information content (AvgIpc) is 2.53. The zero-order valence-electron chi connectivity index (χ0n) is 9.16. The molecule has 14 heavy (non-hydrogen) atoms. The lowest BCUT2D eigenvalue weighted by Crippen LogP contribution is -2.35. The Morgan fingerprint density at radius 2 is 2.21 bits per heavy atom. The Balaban J connectivity index is 2.59. The maximum Gasteiger partial charge on any atom is 0.101 e. The van der Waals surface area contributed by atoms with E-state index in [9.17, 15) is 0 Å². The number of hydrogen-bond acceptors (Lipinski definition) is 3. The zero-order chi connectivity index (χ0) is 10.8. The van der Waals surface area contributed by atoms with E-state index in [1.165, 1.54) is 0 Å². The Bertz CT molecular complexity index is 298. The third-order valence-electron chi connectivity index (χ3n) is 1.97. The van der Waals surface area contributed by atoms with Gasteiger partial charge in [-0.3, -0.25) is 5.41 Å². The van der Waals surface area contributed by atoms with Gasteiger partial charge in [0.15, 0.2) is 0 Å². The molecule has 1 aromatic heterocycles. The summed E-state index contributed by atoms with van der Waals surface area (Å²) in [5, 5.41) is 9.97. The molecule has 0 spiro atoms. The number of aromatic nitrogens is 1. The molecule has 1 N–H and O–H groups in total. The largest absolute Gasteiger partial charge is 0.357 e. The summed E-state index contributed by atoms with van der Waals surface area (Å²) in [4.78, 5) is 6.14. The van der Waals surface area contributed by atoms with Crippen LogP contribution < -0.4 is 0 Å². The number of nitrogens with one attached hydrogen (secondary N) is 1. The van der Waals surface area contributed by atoms with E-state index in [1.807, 2.05) is 43.6 Å². The molecule has 0 unspecified atom stereocenters. The van der Waals surface area contributed by atoms with E-state index < -0.39 is 0 Å². The Kier molecular flexibility index (Phi) is 3.26. The molecule has 4 heteroatoms. The first-order valence-electron chi connectivity index (χ1n) is 4.58. The highest BCUT2D eigenvalue weighted by atomic mass is 32.1. The second-order valence-corrected chi connectivity index (χ2v) is 5.15. The minimum absolute atomic E-state index is 0.0925. The van der Waals surface area contributed by atoms with E-state index in [2.05, 4.69) is 4.98 Å². The van der Waals surface area contributed by atoms with Crippen LogP contribution in [0.15, 0.2) is 10.9 Å². The molecule has 1 rings (SSSR count). The van der Waals surface area contributed by atoms with Gasteiger partial charge < -0.3 is 4.90 Å². The molecule has 0 aliphatic heterocycles. The maximum atomic E-state index is 7.95. The molecule has 0 fully saturated rings. The van der Waals surface area contributed by atoms with Gasteiger partial charge in [-0.15, -0.1) is 11.3 Å². The number of nitrogens with zero attached hydrogens (tertiary/aromatic N) is 2. The first-order chi connectivity index (χ1) is 6.41. The van der Waals surface area contributed by atoms with Gasteiger partial charge in [0.05, 0.1) is 17.7 Å². The van der Waals surface area contributed by atoms with E-state index in [0.717, 1.165) is 12.2 Å². The summed E-state index contributed by atoms with van der Waals surface area (Å²) >= 11 is 1.59. The van der Waals surface area contributed by atoms with Crippen molar-refractivity contribution in [3.63, 3.8) is 0 Å². The van der Waals surface area contributed by atoms with Crippen molar-refractivity contribution in [3.8, 4) is 0 Å². The second kappa shape index (κ2) is 4.09. The van der Waals surface area contributed by atoms with Gasteiger partial charge in [-0.05, 0) is 0 Å². The molecule has 0 saturated heterocycles. The van der Waals surface area contributed by atoms with Crippen molar-refractivity contribution in [2.24, 2.45) is 5.41 Å². The van der Waals surface area contributed by atoms with E-state index in [0.29, 0.717) is 5.84 Å². The third kappa shape index (κ3) is 2.80. The van der Waals surface area contributed by atoms with Gasteiger partial charge in [-0.25, -0.2) is 4.98 Å². The minimum Gasteiger partial charge on any atom is -0.357 e. The van der Waals surface area contributed by atoms with Gasteiger partial charge in [0.1, 0.15) is 5.84 Å². The lowest BCUT2D eigenvalue weighted by atomic mass is 9.94. The number of hydrogen-bond donors (Lipinski definition) is 1. The van der Waals surface area contributed by atoms with Gasteiger partial charge in [0.25, 0.3) is 0 Å². The SMILES string of the molecule is CN(Cc1cscn1)C(=N)C(C)(C)C. The fourth-order valence-electron chi connectivity index (χ4n) is 1.21. The maximum absolute atomic E-state index is 7.95. The highest BCUT2D eigenvalue weighted by Gasteiger charge is 2.20. The predicted molar refractivity (Wildman–Crippen MR) is 60.8 cm³/mol. The summed E-state index contributed by atoms with van der Waals surface area (Å²) in [6.07, 6.45) is 0. The quantitative estimate of drug-likeness (QED) is 0.603. The third-order valence-corrected chi connectivity index (χ3v) is 2.61. The van der Waals surface area contributed by atoms with Crippen molar-refractivity contribution < 1.29 is 0 Å². The molecule has 0 aliphatic carbocycles. The van der Waals surface area contributed by atoms with Crippen molar-refractivity contribution in [1.29, 1.82) is 5.41 Å². The second-order valence-electron chi connectivity index (χ2n) is 4.43. The fourth-order valence-corrected chi connectivity index (χ4v) is 1.76. The van der Waals surface area contributed by atoms with E-state index in [-0.39, 0.29) is 5.41 Å². The molecule has 0 aliphatic rings. The van der Waals surface area contributed by atoms with E-state index in [1.54, 1.807) is 11.3 Å². The highest BCUT2D eigenvalue weighted by Crippen LogP contribution is 2.18. The predicted octanol–water partition coefficient (Wildman–Crippen LogP) is 2.60. The molecular formula is C10H17N3S. The summed E-state index contributed by atoms with van der Waals surface area (Å²) in [7, 11) is 1.94. The molecule has 1 heterocycles. The van der Waals surface area contributed by atoms with Crippen LogP contribution in [0.3, 0.4) is 0 Å². The fraction of sp³-hybridized carbons (Fsp3) is 0.600. The van der Waals surface area contributed by atoms with Crippen molar-refractivity contribution in [2.45, 2.75) is 27.3 Å². The van der Waals surface area contributed by atoms with Crippen LogP contribution in [0.2, 0.25) is 0 Å². The van der Waals surface area contributed by atoms with Gasteiger partial charge in [0, 0.05) is 17.8 Å².